The Balaban J connectivity index is 2.32. The van der Waals surface area contributed by atoms with Crippen LogP contribution in [0.1, 0.15) is 16.2 Å². The number of nitrogens with one attached hydrogen (secondary N) is 1. The lowest BCUT2D eigenvalue weighted by Crippen LogP contribution is -2.25. The van der Waals surface area contributed by atoms with Gasteiger partial charge in [0.2, 0.25) is 5.16 Å². The Labute approximate surface area is 137 Å². The molecule has 0 saturated heterocycles. The number of aromatic nitrogens is 3. The Morgan fingerprint density at radius 2 is 2.18 bits per heavy atom. The smallest absolute Gasteiger partial charge is 0.387 e. The van der Waals surface area contributed by atoms with Crippen molar-refractivity contribution in [1.29, 1.82) is 0 Å². The van der Waals surface area contributed by atoms with Crippen LogP contribution >= 0.6 is 27.7 Å². The average molecular weight is 393 g/mol. The summed E-state index contributed by atoms with van der Waals surface area (Å²) in [7, 11) is 0. The van der Waals surface area contributed by atoms with Gasteiger partial charge in [-0.2, -0.15) is 8.78 Å². The number of hydrogen-bond donors (Lipinski definition) is 1. The van der Waals surface area contributed by atoms with Crippen LogP contribution in [0.15, 0.2) is 27.8 Å². The summed E-state index contributed by atoms with van der Waals surface area (Å²) in [6.45, 7) is -1.36. The van der Waals surface area contributed by atoms with E-state index in [9.17, 15) is 13.6 Å². The lowest BCUT2D eigenvalue weighted by Gasteiger charge is -2.13. The van der Waals surface area contributed by atoms with E-state index < -0.39 is 12.5 Å². The van der Waals surface area contributed by atoms with Gasteiger partial charge in [0.15, 0.2) is 0 Å². The molecule has 0 aliphatic heterocycles. The zero-order valence-corrected chi connectivity index (χ0v) is 13.9. The quantitative estimate of drug-likeness (QED) is 0.791. The predicted octanol–water partition coefficient (Wildman–Crippen LogP) is 3.06. The summed E-state index contributed by atoms with van der Waals surface area (Å²) in [4.78, 5) is 12.3. The highest BCUT2D eigenvalue weighted by atomic mass is 79.9. The predicted molar refractivity (Wildman–Crippen MR) is 81.0 cm³/mol. The molecule has 22 heavy (non-hydrogen) atoms. The standard InChI is InChI=1S/C12H11BrF2N4O2S/c1-6-16-17-12(22-2)19(6)18-10(20)8-5-7(13)3-4-9(8)21-11(14)15/h3-5,11H,1-2H3,(H,18,20). The maximum Gasteiger partial charge on any atom is 0.387 e. The van der Waals surface area contributed by atoms with Gasteiger partial charge in [-0.05, 0) is 31.4 Å². The van der Waals surface area contributed by atoms with Crippen LogP contribution in [0.3, 0.4) is 0 Å². The number of alkyl halides is 2. The summed E-state index contributed by atoms with van der Waals surface area (Å²) in [6.07, 6.45) is 1.77. The van der Waals surface area contributed by atoms with Crippen LogP contribution in [0.5, 0.6) is 5.75 Å². The molecule has 0 bridgehead atoms. The van der Waals surface area contributed by atoms with Gasteiger partial charge in [0.25, 0.3) is 5.91 Å². The average Bonchev–Trinajstić information content (AvgIpc) is 2.81. The number of thioether (sulfide) groups is 1. The lowest BCUT2D eigenvalue weighted by molar-refractivity contribution is -0.0501. The minimum Gasteiger partial charge on any atom is -0.434 e. The van der Waals surface area contributed by atoms with E-state index >= 15 is 0 Å². The number of carbonyl (C=O) groups excluding carboxylic acids is 1. The van der Waals surface area contributed by atoms with Crippen molar-refractivity contribution in [3.05, 3.63) is 34.1 Å². The highest BCUT2D eigenvalue weighted by Gasteiger charge is 2.18. The summed E-state index contributed by atoms with van der Waals surface area (Å²) >= 11 is 4.48. The zero-order chi connectivity index (χ0) is 16.3. The van der Waals surface area contributed by atoms with Crippen molar-refractivity contribution in [2.45, 2.75) is 18.7 Å². The minimum absolute atomic E-state index is 0.0326. The van der Waals surface area contributed by atoms with Gasteiger partial charge in [-0.25, -0.2) is 4.68 Å². The fraction of sp³-hybridized carbons (Fsp3) is 0.250. The molecule has 0 radical (unpaired) electrons. The number of amides is 1. The molecule has 1 aromatic heterocycles. The third-order valence-corrected chi connectivity index (χ3v) is 3.72. The molecule has 2 rings (SSSR count). The second-order valence-electron chi connectivity index (χ2n) is 4.03. The van der Waals surface area contributed by atoms with E-state index in [0.717, 1.165) is 0 Å². The number of ether oxygens (including phenoxy) is 1. The van der Waals surface area contributed by atoms with Crippen molar-refractivity contribution in [3.63, 3.8) is 0 Å². The van der Waals surface area contributed by atoms with Crippen LogP contribution in [-0.4, -0.2) is 33.6 Å². The van der Waals surface area contributed by atoms with E-state index in [0.29, 0.717) is 15.5 Å². The topological polar surface area (TPSA) is 69.0 Å². The summed E-state index contributed by atoms with van der Waals surface area (Å²) in [6, 6.07) is 4.19. The second kappa shape index (κ2) is 7.05. The fourth-order valence-corrected chi connectivity index (χ4v) is 2.49. The largest absolute Gasteiger partial charge is 0.434 e. The Bertz CT molecular complexity index is 696. The molecule has 1 amide bonds. The summed E-state index contributed by atoms with van der Waals surface area (Å²) in [5.41, 5.74) is 2.52. The van der Waals surface area contributed by atoms with Crippen LogP contribution in [0.2, 0.25) is 0 Å². The molecule has 0 saturated carbocycles. The first-order chi connectivity index (χ1) is 10.4. The van der Waals surface area contributed by atoms with Crippen molar-refractivity contribution >= 4 is 33.6 Å². The highest BCUT2D eigenvalue weighted by molar-refractivity contribution is 9.10. The number of hydrogen-bond acceptors (Lipinski definition) is 5. The molecule has 1 N–H and O–H groups in total. The number of halogens is 3. The molecule has 0 atom stereocenters. The van der Waals surface area contributed by atoms with Gasteiger partial charge >= 0.3 is 6.61 Å². The van der Waals surface area contributed by atoms with E-state index in [1.807, 2.05) is 0 Å². The summed E-state index contributed by atoms with van der Waals surface area (Å²) in [5, 5.41) is 8.18. The van der Waals surface area contributed by atoms with E-state index in [1.165, 1.54) is 34.6 Å². The van der Waals surface area contributed by atoms with Gasteiger partial charge < -0.3 is 4.74 Å². The maximum absolute atomic E-state index is 12.4. The number of nitrogens with zero attached hydrogens (tertiary/aromatic N) is 3. The molecule has 0 aliphatic rings. The maximum atomic E-state index is 12.4. The van der Waals surface area contributed by atoms with Gasteiger partial charge in [-0.3, -0.25) is 10.2 Å². The van der Waals surface area contributed by atoms with Gasteiger partial charge in [-0.15, -0.1) is 10.2 Å². The number of carbonyl (C=O) groups is 1. The molecule has 0 fully saturated rings. The first-order valence-corrected chi connectivity index (χ1v) is 7.96. The van der Waals surface area contributed by atoms with Gasteiger partial charge in [0.05, 0.1) is 5.56 Å². The fourth-order valence-electron chi connectivity index (χ4n) is 1.64. The van der Waals surface area contributed by atoms with E-state index in [4.69, 9.17) is 0 Å². The van der Waals surface area contributed by atoms with Crippen LogP contribution in [0.25, 0.3) is 0 Å². The van der Waals surface area contributed by atoms with E-state index in [-0.39, 0.29) is 11.3 Å². The van der Waals surface area contributed by atoms with E-state index in [1.54, 1.807) is 13.2 Å². The second-order valence-corrected chi connectivity index (χ2v) is 5.72. The molecule has 6 nitrogen and oxygen atoms in total. The number of aryl methyl sites for hydroxylation is 1. The first-order valence-electron chi connectivity index (χ1n) is 5.94. The van der Waals surface area contributed by atoms with Crippen LogP contribution in [0.4, 0.5) is 8.78 Å². The molecular formula is C12H11BrF2N4O2S. The molecular weight excluding hydrogens is 382 g/mol. The molecule has 1 aromatic carbocycles. The highest BCUT2D eigenvalue weighted by Crippen LogP contribution is 2.25. The molecule has 0 spiro atoms. The third kappa shape index (κ3) is 3.74. The molecule has 118 valence electrons. The van der Waals surface area contributed by atoms with Crippen molar-refractivity contribution in [3.8, 4) is 5.75 Å². The van der Waals surface area contributed by atoms with Crippen molar-refractivity contribution in [2.75, 3.05) is 11.7 Å². The normalized spacial score (nSPS) is 10.8. The molecule has 0 unspecified atom stereocenters. The van der Waals surface area contributed by atoms with Gasteiger partial charge in [0, 0.05) is 4.47 Å². The summed E-state index contributed by atoms with van der Waals surface area (Å²) < 4.78 is 31.2. The monoisotopic (exact) mass is 392 g/mol. The SMILES string of the molecule is CSc1nnc(C)n1NC(=O)c1cc(Br)ccc1OC(F)F. The third-order valence-electron chi connectivity index (χ3n) is 2.59. The number of rotatable bonds is 5. The Kier molecular flexibility index (Phi) is 5.35. The molecule has 1 heterocycles. The van der Waals surface area contributed by atoms with E-state index in [2.05, 4.69) is 36.3 Å². The molecule has 2 aromatic rings. The van der Waals surface area contributed by atoms with Gasteiger partial charge in [0.1, 0.15) is 11.6 Å². The lowest BCUT2D eigenvalue weighted by atomic mass is 10.2. The zero-order valence-electron chi connectivity index (χ0n) is 11.5. The van der Waals surface area contributed by atoms with Crippen LogP contribution in [0, 0.1) is 6.92 Å². The van der Waals surface area contributed by atoms with Crippen molar-refractivity contribution < 1.29 is 18.3 Å². The van der Waals surface area contributed by atoms with Gasteiger partial charge in [-0.1, -0.05) is 27.7 Å². The Hall–Kier alpha value is -1.68. The number of benzene rings is 1. The Morgan fingerprint density at radius 3 is 2.82 bits per heavy atom. The van der Waals surface area contributed by atoms with Crippen LogP contribution in [-0.2, 0) is 0 Å². The first kappa shape index (κ1) is 16.7. The summed E-state index contributed by atoms with van der Waals surface area (Å²) in [5.74, 6) is -0.369. The minimum atomic E-state index is -3.02. The Morgan fingerprint density at radius 1 is 1.45 bits per heavy atom. The van der Waals surface area contributed by atoms with Crippen LogP contribution < -0.4 is 10.2 Å². The molecule has 0 aliphatic carbocycles. The molecule has 10 heteroatoms. The van der Waals surface area contributed by atoms with Crippen molar-refractivity contribution in [1.82, 2.24) is 14.9 Å². The van der Waals surface area contributed by atoms with Crippen molar-refractivity contribution in [2.24, 2.45) is 0 Å².